The van der Waals surface area contributed by atoms with Gasteiger partial charge in [0.2, 0.25) is 5.91 Å². The lowest BCUT2D eigenvalue weighted by Gasteiger charge is -2.36. The number of fused-ring (bicyclic) bond motifs is 1. The Labute approximate surface area is 241 Å². The fraction of sp³-hybridized carbons (Fsp3) is 0.481. The van der Waals surface area contributed by atoms with Gasteiger partial charge >= 0.3 is 0 Å². The van der Waals surface area contributed by atoms with Crippen LogP contribution in [0.25, 0.3) is 0 Å². The van der Waals surface area contributed by atoms with Gasteiger partial charge in [0.05, 0.1) is 16.3 Å². The molecule has 3 aromatic rings. The molecule has 38 heavy (non-hydrogen) atoms. The number of benzene rings is 1. The third-order valence-electron chi connectivity index (χ3n) is 7.34. The van der Waals surface area contributed by atoms with Crippen LogP contribution < -0.4 is 10.1 Å². The summed E-state index contributed by atoms with van der Waals surface area (Å²) in [6.45, 7) is 9.63. The molecule has 2 heterocycles. The van der Waals surface area contributed by atoms with Crippen LogP contribution in [0.15, 0.2) is 23.4 Å². The van der Waals surface area contributed by atoms with Crippen molar-refractivity contribution in [1.82, 2.24) is 14.8 Å². The molecule has 1 amide bonds. The van der Waals surface area contributed by atoms with Crippen LogP contribution in [0.1, 0.15) is 62.4 Å². The van der Waals surface area contributed by atoms with Gasteiger partial charge < -0.3 is 14.6 Å². The van der Waals surface area contributed by atoms with Gasteiger partial charge in [-0.2, -0.15) is 5.26 Å². The molecular formula is C27H31Cl2N5O2S2. The molecule has 1 unspecified atom stereocenters. The molecule has 0 saturated heterocycles. The van der Waals surface area contributed by atoms with Gasteiger partial charge in [0.1, 0.15) is 23.4 Å². The van der Waals surface area contributed by atoms with Crippen molar-refractivity contribution in [2.75, 3.05) is 11.1 Å². The number of nitriles is 1. The van der Waals surface area contributed by atoms with Gasteiger partial charge in [0, 0.05) is 22.5 Å². The third-order valence-corrected chi connectivity index (χ3v) is 10.0. The lowest BCUT2D eigenvalue weighted by atomic mass is 9.69. The topological polar surface area (TPSA) is 92.8 Å². The van der Waals surface area contributed by atoms with Gasteiger partial charge in [-0.3, -0.25) is 4.79 Å². The number of thioether (sulfide) groups is 1. The number of rotatable bonds is 10. The second-order valence-corrected chi connectivity index (χ2v) is 12.8. The zero-order chi connectivity index (χ0) is 27.4. The molecule has 1 aliphatic rings. The van der Waals surface area contributed by atoms with Crippen LogP contribution in [0.4, 0.5) is 5.00 Å². The minimum atomic E-state index is -0.176. The molecule has 0 saturated carbocycles. The Balaban J connectivity index is 1.39. The van der Waals surface area contributed by atoms with E-state index in [2.05, 4.69) is 42.4 Å². The molecule has 0 bridgehead atoms. The number of carbonyl (C=O) groups is 1. The molecular weight excluding hydrogens is 561 g/mol. The van der Waals surface area contributed by atoms with E-state index >= 15 is 0 Å². The SMILES string of the molecule is CCn1c(COc2cc(Cl)ccc2Cl)nnc1SCC(=O)Nc1sc2c(c1C#N)CCC(C(C)(C)CC)C2. The maximum absolute atomic E-state index is 12.9. The largest absolute Gasteiger partial charge is 0.484 e. The third kappa shape index (κ3) is 6.31. The number of hydrogen-bond donors (Lipinski definition) is 1. The Kier molecular flexibility index (Phi) is 9.30. The van der Waals surface area contributed by atoms with Gasteiger partial charge in [0.15, 0.2) is 11.0 Å². The molecule has 0 aliphatic heterocycles. The van der Waals surface area contributed by atoms with Crippen LogP contribution in [0, 0.1) is 22.7 Å². The van der Waals surface area contributed by atoms with Crippen molar-refractivity contribution in [1.29, 1.82) is 5.26 Å². The number of aromatic nitrogens is 3. The summed E-state index contributed by atoms with van der Waals surface area (Å²) in [5.74, 6) is 1.64. The molecule has 4 rings (SSSR count). The summed E-state index contributed by atoms with van der Waals surface area (Å²) in [4.78, 5) is 14.1. The van der Waals surface area contributed by atoms with E-state index < -0.39 is 0 Å². The van der Waals surface area contributed by atoms with Gasteiger partial charge in [-0.25, -0.2) is 0 Å². The van der Waals surface area contributed by atoms with Crippen LogP contribution in [-0.2, 0) is 30.8 Å². The van der Waals surface area contributed by atoms with Crippen molar-refractivity contribution >= 4 is 57.2 Å². The highest BCUT2D eigenvalue weighted by atomic mass is 35.5. The summed E-state index contributed by atoms with van der Waals surface area (Å²) in [5, 5.41) is 23.6. The molecule has 1 aromatic carbocycles. The number of nitrogens with zero attached hydrogens (tertiary/aromatic N) is 4. The molecule has 0 spiro atoms. The van der Waals surface area contributed by atoms with Crippen molar-refractivity contribution in [3.8, 4) is 11.8 Å². The van der Waals surface area contributed by atoms with Crippen LogP contribution in [0.2, 0.25) is 10.0 Å². The number of amides is 1. The number of carbonyl (C=O) groups excluding carboxylic acids is 1. The highest BCUT2D eigenvalue weighted by molar-refractivity contribution is 7.99. The summed E-state index contributed by atoms with van der Waals surface area (Å²) < 4.78 is 7.71. The van der Waals surface area contributed by atoms with E-state index in [1.54, 1.807) is 29.5 Å². The quantitative estimate of drug-likeness (QED) is 0.247. The normalized spacial score (nSPS) is 15.1. The van der Waals surface area contributed by atoms with Crippen molar-refractivity contribution < 1.29 is 9.53 Å². The summed E-state index contributed by atoms with van der Waals surface area (Å²) in [7, 11) is 0. The Bertz CT molecular complexity index is 1360. The van der Waals surface area contributed by atoms with Crippen molar-refractivity contribution in [2.45, 2.75) is 71.7 Å². The van der Waals surface area contributed by atoms with Crippen LogP contribution in [0.3, 0.4) is 0 Å². The minimum absolute atomic E-state index is 0.151. The van der Waals surface area contributed by atoms with Crippen LogP contribution >= 0.6 is 46.3 Å². The molecule has 2 aromatic heterocycles. The zero-order valence-electron chi connectivity index (χ0n) is 21.9. The molecule has 11 heteroatoms. The number of ether oxygens (including phenoxy) is 1. The molecule has 202 valence electrons. The second kappa shape index (κ2) is 12.3. The highest BCUT2D eigenvalue weighted by Crippen LogP contribution is 2.45. The van der Waals surface area contributed by atoms with E-state index in [1.807, 2.05) is 11.5 Å². The highest BCUT2D eigenvalue weighted by Gasteiger charge is 2.34. The van der Waals surface area contributed by atoms with Crippen molar-refractivity contribution in [3.05, 3.63) is 50.1 Å². The first-order chi connectivity index (χ1) is 18.2. The molecule has 1 aliphatic carbocycles. The van der Waals surface area contributed by atoms with Crippen LogP contribution in [0.5, 0.6) is 5.75 Å². The molecule has 1 N–H and O–H groups in total. The predicted molar refractivity (Wildman–Crippen MR) is 154 cm³/mol. The summed E-state index contributed by atoms with van der Waals surface area (Å²) in [6, 6.07) is 7.36. The smallest absolute Gasteiger partial charge is 0.235 e. The Hall–Kier alpha value is -2.25. The maximum Gasteiger partial charge on any atom is 0.235 e. The maximum atomic E-state index is 12.9. The number of nitrogens with one attached hydrogen (secondary N) is 1. The predicted octanol–water partition coefficient (Wildman–Crippen LogP) is 7.39. The summed E-state index contributed by atoms with van der Waals surface area (Å²) >= 11 is 15.1. The Morgan fingerprint density at radius 2 is 2.13 bits per heavy atom. The fourth-order valence-electron chi connectivity index (χ4n) is 4.62. The lowest BCUT2D eigenvalue weighted by molar-refractivity contribution is -0.113. The molecule has 1 atom stereocenters. The summed E-state index contributed by atoms with van der Waals surface area (Å²) in [6.07, 6.45) is 4.04. The van der Waals surface area contributed by atoms with Gasteiger partial charge in [-0.05, 0) is 55.2 Å². The van der Waals surface area contributed by atoms with E-state index in [4.69, 9.17) is 27.9 Å². The molecule has 7 nitrogen and oxygen atoms in total. The molecule has 0 radical (unpaired) electrons. The zero-order valence-corrected chi connectivity index (χ0v) is 25.1. The van der Waals surface area contributed by atoms with E-state index in [0.717, 1.165) is 31.2 Å². The standard InChI is InChI=1S/C27H31Cl2N5O2S2/c1-5-27(3,4)16-7-9-18-19(13-30)25(38-22(18)11-16)31-24(35)15-37-26-33-32-23(34(26)6-2)14-36-21-12-17(28)8-10-20(21)29/h8,10,12,16H,5-7,9,11,14-15H2,1-4H3,(H,31,35). The van der Waals surface area contributed by atoms with E-state index in [9.17, 15) is 10.1 Å². The van der Waals surface area contributed by atoms with Crippen molar-refractivity contribution in [2.24, 2.45) is 11.3 Å². The number of hydrogen-bond acceptors (Lipinski definition) is 7. The van der Waals surface area contributed by atoms with E-state index in [-0.39, 0.29) is 23.7 Å². The Morgan fingerprint density at radius 3 is 2.84 bits per heavy atom. The second-order valence-electron chi connectivity index (χ2n) is 9.94. The fourth-order valence-corrected chi connectivity index (χ4v) is 7.07. The monoisotopic (exact) mass is 591 g/mol. The first-order valence-corrected chi connectivity index (χ1v) is 15.2. The summed E-state index contributed by atoms with van der Waals surface area (Å²) in [5.41, 5.74) is 1.99. The van der Waals surface area contributed by atoms with Gasteiger partial charge in [-0.1, -0.05) is 62.2 Å². The lowest BCUT2D eigenvalue weighted by Crippen LogP contribution is -2.28. The van der Waals surface area contributed by atoms with Crippen molar-refractivity contribution in [3.63, 3.8) is 0 Å². The van der Waals surface area contributed by atoms with Gasteiger partial charge in [0.25, 0.3) is 0 Å². The first kappa shape index (κ1) is 28.8. The number of halogens is 2. The Morgan fingerprint density at radius 1 is 1.34 bits per heavy atom. The van der Waals surface area contributed by atoms with Gasteiger partial charge in [-0.15, -0.1) is 21.5 Å². The number of thiophene rings is 1. The molecule has 0 fully saturated rings. The average Bonchev–Trinajstić information content (AvgIpc) is 3.46. The van der Waals surface area contributed by atoms with E-state index in [0.29, 0.717) is 49.8 Å². The number of anilines is 1. The average molecular weight is 593 g/mol. The minimum Gasteiger partial charge on any atom is -0.484 e. The van der Waals surface area contributed by atoms with E-state index in [1.165, 1.54) is 16.6 Å². The van der Waals surface area contributed by atoms with Crippen LogP contribution in [-0.4, -0.2) is 26.4 Å². The first-order valence-electron chi connectivity index (χ1n) is 12.6.